The minimum atomic E-state index is -0.912. The molecule has 0 spiro atoms. The van der Waals surface area contributed by atoms with E-state index in [9.17, 15) is 13.2 Å². The fourth-order valence-electron chi connectivity index (χ4n) is 3.54. The van der Waals surface area contributed by atoms with Crippen LogP contribution in [0.15, 0.2) is 72.8 Å². The molecule has 0 saturated heterocycles. The van der Waals surface area contributed by atoms with E-state index >= 15 is 0 Å². The van der Waals surface area contributed by atoms with Crippen molar-refractivity contribution < 1.29 is 17.9 Å². The summed E-state index contributed by atoms with van der Waals surface area (Å²) in [6, 6.07) is 19.8. The van der Waals surface area contributed by atoms with Crippen LogP contribution in [0.2, 0.25) is 0 Å². The summed E-state index contributed by atoms with van der Waals surface area (Å²) in [5.41, 5.74) is 2.49. The van der Waals surface area contributed by atoms with Gasteiger partial charge >= 0.3 is 0 Å². The van der Waals surface area contributed by atoms with Crippen LogP contribution in [-0.2, 0) is 0 Å². The van der Waals surface area contributed by atoms with Crippen molar-refractivity contribution in [3.63, 3.8) is 0 Å². The molecule has 4 aromatic rings. The summed E-state index contributed by atoms with van der Waals surface area (Å²) in [4.78, 5) is 0. The van der Waals surface area contributed by atoms with E-state index in [0.717, 1.165) is 48.3 Å². The summed E-state index contributed by atoms with van der Waals surface area (Å²) in [7, 11) is 0. The Bertz CT molecular complexity index is 1330. The molecule has 0 amide bonds. The maximum Gasteiger partial charge on any atom is 0.159 e. The largest absolute Gasteiger partial charge is 0.494 e. The van der Waals surface area contributed by atoms with Crippen molar-refractivity contribution in [1.29, 1.82) is 0 Å². The van der Waals surface area contributed by atoms with Gasteiger partial charge < -0.3 is 4.74 Å². The van der Waals surface area contributed by atoms with Crippen LogP contribution in [-0.4, -0.2) is 6.61 Å². The fourth-order valence-corrected chi connectivity index (χ4v) is 3.54. The molecule has 0 aromatic heterocycles. The van der Waals surface area contributed by atoms with E-state index in [-0.39, 0.29) is 5.56 Å². The molecule has 0 N–H and O–H groups in total. The maximum atomic E-state index is 14.7. The SMILES string of the molecule is CCCCCOc1ccc(-c2ccc(C#Cc3ccc4cc(F)c(F)cc4c3)c(F)c2)cc1. The average molecular weight is 444 g/mol. The van der Waals surface area contributed by atoms with Gasteiger partial charge in [0.2, 0.25) is 0 Å². The minimum absolute atomic E-state index is 0.264. The highest BCUT2D eigenvalue weighted by molar-refractivity contribution is 5.84. The number of fused-ring (bicyclic) bond motifs is 1. The van der Waals surface area contributed by atoms with E-state index in [1.54, 1.807) is 24.3 Å². The summed E-state index contributed by atoms with van der Waals surface area (Å²) >= 11 is 0. The highest BCUT2D eigenvalue weighted by Gasteiger charge is 2.06. The Labute approximate surface area is 191 Å². The van der Waals surface area contributed by atoms with Gasteiger partial charge in [-0.3, -0.25) is 0 Å². The molecular formula is C29H23F3O. The molecule has 0 radical (unpaired) electrons. The molecule has 4 heteroatoms. The molecule has 4 aromatic carbocycles. The lowest BCUT2D eigenvalue weighted by atomic mass is 10.0. The van der Waals surface area contributed by atoms with Crippen LogP contribution >= 0.6 is 0 Å². The van der Waals surface area contributed by atoms with Gasteiger partial charge in [0.1, 0.15) is 11.6 Å². The highest BCUT2D eigenvalue weighted by Crippen LogP contribution is 2.25. The van der Waals surface area contributed by atoms with Gasteiger partial charge in [0.25, 0.3) is 0 Å². The Balaban J connectivity index is 1.49. The second-order valence-electron chi connectivity index (χ2n) is 7.85. The molecule has 0 aliphatic rings. The van der Waals surface area contributed by atoms with Crippen LogP contribution in [0.1, 0.15) is 37.3 Å². The van der Waals surface area contributed by atoms with Gasteiger partial charge in [-0.1, -0.05) is 55.9 Å². The minimum Gasteiger partial charge on any atom is -0.494 e. The van der Waals surface area contributed by atoms with E-state index in [1.165, 1.54) is 6.07 Å². The van der Waals surface area contributed by atoms with Gasteiger partial charge in [0.15, 0.2) is 11.6 Å². The first-order chi connectivity index (χ1) is 16.0. The van der Waals surface area contributed by atoms with Crippen molar-refractivity contribution in [2.24, 2.45) is 0 Å². The maximum absolute atomic E-state index is 14.7. The third kappa shape index (κ3) is 5.56. The average Bonchev–Trinajstić information content (AvgIpc) is 2.82. The van der Waals surface area contributed by atoms with Crippen LogP contribution in [0, 0.1) is 29.3 Å². The van der Waals surface area contributed by atoms with E-state index in [1.807, 2.05) is 30.3 Å². The molecule has 0 saturated carbocycles. The summed E-state index contributed by atoms with van der Waals surface area (Å²) in [6.45, 7) is 2.85. The predicted octanol–water partition coefficient (Wildman–Crippen LogP) is 7.89. The quantitative estimate of drug-likeness (QED) is 0.217. The van der Waals surface area contributed by atoms with Gasteiger partial charge in [-0.2, -0.15) is 0 Å². The van der Waals surface area contributed by atoms with E-state index < -0.39 is 17.5 Å². The smallest absolute Gasteiger partial charge is 0.159 e. The number of ether oxygens (including phenoxy) is 1. The van der Waals surface area contributed by atoms with Crippen molar-refractivity contribution in [3.05, 3.63) is 101 Å². The zero-order chi connectivity index (χ0) is 23.2. The molecule has 0 atom stereocenters. The Morgan fingerprint density at radius 3 is 2.12 bits per heavy atom. The third-order valence-electron chi connectivity index (χ3n) is 5.39. The van der Waals surface area contributed by atoms with Crippen LogP contribution in [0.5, 0.6) is 5.75 Å². The van der Waals surface area contributed by atoms with E-state index in [0.29, 0.717) is 22.9 Å². The summed E-state index contributed by atoms with van der Waals surface area (Å²) < 4.78 is 47.3. The number of rotatable bonds is 6. The zero-order valence-electron chi connectivity index (χ0n) is 18.3. The first-order valence-corrected chi connectivity index (χ1v) is 11.0. The van der Waals surface area contributed by atoms with E-state index in [4.69, 9.17) is 4.74 Å². The van der Waals surface area contributed by atoms with Crippen molar-refractivity contribution in [2.75, 3.05) is 6.61 Å². The monoisotopic (exact) mass is 444 g/mol. The summed E-state index contributed by atoms with van der Waals surface area (Å²) in [6.07, 6.45) is 3.32. The van der Waals surface area contributed by atoms with Crippen molar-refractivity contribution in [2.45, 2.75) is 26.2 Å². The number of hydrogen-bond donors (Lipinski definition) is 0. The Kier molecular flexibility index (Phi) is 7.00. The normalized spacial score (nSPS) is 10.7. The number of unbranched alkanes of at least 4 members (excludes halogenated alkanes) is 2. The fraction of sp³-hybridized carbons (Fsp3) is 0.172. The van der Waals surface area contributed by atoms with Crippen LogP contribution < -0.4 is 4.74 Å². The summed E-state index contributed by atoms with van der Waals surface area (Å²) in [5.74, 6) is 4.31. The lowest BCUT2D eigenvalue weighted by Crippen LogP contribution is -1.96. The Hall–Kier alpha value is -3.71. The standard InChI is InChI=1S/C29H23F3O/c1-2-3-4-15-33-26-13-11-21(12-14-26)23-10-9-22(27(30)17-23)7-5-20-6-8-24-18-28(31)29(32)19-25(24)16-20/h6,8-14,16-19H,2-4,15H2,1H3. The van der Waals surface area contributed by atoms with Gasteiger partial charge in [-0.15, -0.1) is 0 Å². The number of hydrogen-bond acceptors (Lipinski definition) is 1. The molecule has 166 valence electrons. The molecule has 33 heavy (non-hydrogen) atoms. The molecule has 0 fully saturated rings. The zero-order valence-corrected chi connectivity index (χ0v) is 18.3. The molecule has 0 aliphatic carbocycles. The Morgan fingerprint density at radius 2 is 1.39 bits per heavy atom. The lowest BCUT2D eigenvalue weighted by Gasteiger charge is -2.07. The second-order valence-corrected chi connectivity index (χ2v) is 7.85. The van der Waals surface area contributed by atoms with Crippen molar-refractivity contribution >= 4 is 10.8 Å². The van der Waals surface area contributed by atoms with Crippen molar-refractivity contribution in [3.8, 4) is 28.7 Å². The highest BCUT2D eigenvalue weighted by atomic mass is 19.2. The van der Waals surface area contributed by atoms with Gasteiger partial charge in [-0.05, 0) is 76.9 Å². The molecule has 4 rings (SSSR count). The first kappa shape index (κ1) is 22.5. The first-order valence-electron chi connectivity index (χ1n) is 11.0. The lowest BCUT2D eigenvalue weighted by molar-refractivity contribution is 0.306. The van der Waals surface area contributed by atoms with Crippen LogP contribution in [0.4, 0.5) is 13.2 Å². The van der Waals surface area contributed by atoms with Crippen molar-refractivity contribution in [1.82, 2.24) is 0 Å². The van der Waals surface area contributed by atoms with Gasteiger partial charge in [-0.25, -0.2) is 13.2 Å². The number of benzene rings is 4. The van der Waals surface area contributed by atoms with E-state index in [2.05, 4.69) is 18.8 Å². The second kappa shape index (κ2) is 10.3. The summed E-state index contributed by atoms with van der Waals surface area (Å²) in [5, 5.41) is 1.11. The molecule has 0 heterocycles. The van der Waals surface area contributed by atoms with Crippen LogP contribution in [0.25, 0.3) is 21.9 Å². The van der Waals surface area contributed by atoms with Gasteiger partial charge in [0.05, 0.1) is 12.2 Å². The molecular weight excluding hydrogens is 421 g/mol. The Morgan fingerprint density at radius 1 is 0.667 bits per heavy atom. The topological polar surface area (TPSA) is 9.23 Å². The van der Waals surface area contributed by atoms with Gasteiger partial charge in [0, 0.05) is 5.56 Å². The predicted molar refractivity (Wildman–Crippen MR) is 127 cm³/mol. The molecule has 0 aliphatic heterocycles. The molecule has 0 bridgehead atoms. The third-order valence-corrected chi connectivity index (χ3v) is 5.39. The number of halogens is 3. The van der Waals surface area contributed by atoms with Crippen LogP contribution in [0.3, 0.4) is 0 Å². The molecule has 0 unspecified atom stereocenters. The molecule has 1 nitrogen and oxygen atoms in total.